The van der Waals surface area contributed by atoms with E-state index in [0.717, 1.165) is 11.0 Å². The average molecular weight is 230 g/mol. The Kier molecular flexibility index (Phi) is 15.9. The smallest absolute Gasteiger partial charge is 0.101 e. The summed E-state index contributed by atoms with van der Waals surface area (Å²) in [4.78, 5) is 0. The summed E-state index contributed by atoms with van der Waals surface area (Å²) in [7, 11) is 6.16. The predicted octanol–water partition coefficient (Wildman–Crippen LogP) is -1.93. The predicted molar refractivity (Wildman–Crippen MR) is 61.3 cm³/mol. The third-order valence-electron chi connectivity index (χ3n) is 1.19. The van der Waals surface area contributed by atoms with Gasteiger partial charge < -0.3 is 24.9 Å². The van der Waals surface area contributed by atoms with E-state index < -0.39 is 6.10 Å². The number of rotatable bonds is 4. The second-order valence-corrected chi connectivity index (χ2v) is 3.76. The Morgan fingerprint density at radius 1 is 1.00 bits per heavy atom. The molecule has 0 aromatic carbocycles. The van der Waals surface area contributed by atoms with Crippen molar-refractivity contribution in [3.63, 3.8) is 0 Å². The molecule has 0 radical (unpaired) electrons. The normalized spacial score (nSPS) is 10.3. The highest BCUT2D eigenvalue weighted by molar-refractivity contribution is 6.92. The van der Waals surface area contributed by atoms with Gasteiger partial charge in [0.2, 0.25) is 0 Å². The molecule has 0 aliphatic heterocycles. The Morgan fingerprint density at radius 3 is 1.36 bits per heavy atom. The minimum atomic E-state index is -0.954. The van der Waals surface area contributed by atoms with Crippen molar-refractivity contribution in [3.05, 3.63) is 0 Å². The molecule has 1 atom stereocenters. The van der Waals surface area contributed by atoms with Gasteiger partial charge in [-0.2, -0.15) is 9.90 Å². The molecule has 0 spiro atoms. The maximum Gasteiger partial charge on any atom is 0.101 e. The van der Waals surface area contributed by atoms with E-state index in [1.54, 1.807) is 0 Å². The van der Waals surface area contributed by atoms with Gasteiger partial charge in [-0.3, -0.25) is 0 Å². The molecule has 6 heteroatoms. The minimum Gasteiger partial charge on any atom is -0.394 e. The highest BCUT2D eigenvalue weighted by Gasteiger charge is 2.02. The zero-order valence-electron chi connectivity index (χ0n) is 9.35. The Morgan fingerprint density at radius 2 is 1.36 bits per heavy atom. The standard InChI is InChI=1S/C5H14NO.C3H8O3.H3P/c1-6(2,3)4-5-7;4-1-3(6)2-5;/h7H,4-5H2,1-3H3;3-6H,1-2H2;1H3/q+1;;. The summed E-state index contributed by atoms with van der Waals surface area (Å²) in [5.74, 6) is 0. The molecule has 0 aliphatic rings. The quantitative estimate of drug-likeness (QED) is 0.335. The molecule has 0 aromatic heterocycles. The van der Waals surface area contributed by atoms with Gasteiger partial charge >= 0.3 is 0 Å². The third kappa shape index (κ3) is 22.8. The molecule has 90 valence electrons. The van der Waals surface area contributed by atoms with Crippen LogP contribution in [0.4, 0.5) is 0 Å². The van der Waals surface area contributed by atoms with E-state index in [1.165, 1.54) is 0 Å². The lowest BCUT2D eigenvalue weighted by molar-refractivity contribution is -0.870. The number of nitrogens with zero attached hydrogens (tertiary/aromatic N) is 1. The lowest BCUT2D eigenvalue weighted by atomic mass is 10.4. The van der Waals surface area contributed by atoms with Crippen LogP contribution in [0.1, 0.15) is 0 Å². The van der Waals surface area contributed by atoms with Crippen molar-refractivity contribution >= 4 is 9.90 Å². The van der Waals surface area contributed by atoms with Crippen molar-refractivity contribution in [1.29, 1.82) is 0 Å². The highest BCUT2D eigenvalue weighted by Crippen LogP contribution is 1.84. The van der Waals surface area contributed by atoms with Crippen LogP contribution in [-0.2, 0) is 0 Å². The molecule has 0 saturated carbocycles. The Bertz CT molecular complexity index is 104. The first-order chi connectivity index (χ1) is 5.87. The summed E-state index contributed by atoms with van der Waals surface area (Å²) in [5, 5.41) is 32.4. The first-order valence-corrected chi connectivity index (χ1v) is 4.18. The highest BCUT2D eigenvalue weighted by atomic mass is 31.0. The summed E-state index contributed by atoms with van der Waals surface area (Å²) in [6.07, 6.45) is -0.954. The summed E-state index contributed by atoms with van der Waals surface area (Å²) in [6.45, 7) is 0.385. The van der Waals surface area contributed by atoms with Gasteiger partial charge in [0.05, 0.1) is 41.0 Å². The second kappa shape index (κ2) is 11.3. The largest absolute Gasteiger partial charge is 0.394 e. The van der Waals surface area contributed by atoms with Crippen molar-refractivity contribution in [2.75, 3.05) is 47.5 Å². The van der Waals surface area contributed by atoms with Gasteiger partial charge in [0, 0.05) is 0 Å². The fraction of sp³-hybridized carbons (Fsp3) is 1.00. The van der Waals surface area contributed by atoms with Crippen molar-refractivity contribution in [1.82, 2.24) is 0 Å². The summed E-state index contributed by atoms with van der Waals surface area (Å²) in [5.41, 5.74) is 0. The van der Waals surface area contributed by atoms with Crippen molar-refractivity contribution < 1.29 is 24.9 Å². The molecule has 1 unspecified atom stereocenters. The first kappa shape index (κ1) is 19.7. The van der Waals surface area contributed by atoms with Crippen LogP contribution in [0.25, 0.3) is 0 Å². The number of quaternary nitrogens is 1. The summed E-state index contributed by atoms with van der Waals surface area (Å²) in [6, 6.07) is 0. The first-order valence-electron chi connectivity index (χ1n) is 4.18. The number of hydrogen-bond donors (Lipinski definition) is 4. The van der Waals surface area contributed by atoms with Crippen LogP contribution in [0.3, 0.4) is 0 Å². The molecular formula is C8H25NO4P+. The van der Waals surface area contributed by atoms with Crippen LogP contribution in [0.5, 0.6) is 0 Å². The monoisotopic (exact) mass is 230 g/mol. The summed E-state index contributed by atoms with van der Waals surface area (Å²) < 4.78 is 0.844. The van der Waals surface area contributed by atoms with Crippen LogP contribution in [0.2, 0.25) is 0 Å². The van der Waals surface area contributed by atoms with E-state index in [9.17, 15) is 0 Å². The lowest BCUT2D eigenvalue weighted by Gasteiger charge is -2.21. The fourth-order valence-electron chi connectivity index (χ4n) is 0.358. The molecule has 0 rings (SSSR count). The van der Waals surface area contributed by atoms with Crippen molar-refractivity contribution in [2.24, 2.45) is 0 Å². The molecule has 4 N–H and O–H groups in total. The van der Waals surface area contributed by atoms with Crippen LogP contribution < -0.4 is 0 Å². The van der Waals surface area contributed by atoms with Gasteiger partial charge in [-0.15, -0.1) is 0 Å². The second-order valence-electron chi connectivity index (χ2n) is 3.76. The molecule has 5 nitrogen and oxygen atoms in total. The van der Waals surface area contributed by atoms with Crippen molar-refractivity contribution in [3.8, 4) is 0 Å². The van der Waals surface area contributed by atoms with E-state index in [1.807, 2.05) is 0 Å². The van der Waals surface area contributed by atoms with Crippen LogP contribution in [-0.4, -0.2) is 78.5 Å². The molecule has 0 fully saturated rings. The van der Waals surface area contributed by atoms with Gasteiger partial charge in [-0.05, 0) is 0 Å². The van der Waals surface area contributed by atoms with E-state index in [0.29, 0.717) is 0 Å². The Labute approximate surface area is 89.2 Å². The third-order valence-corrected chi connectivity index (χ3v) is 1.19. The number of aliphatic hydroxyl groups is 4. The molecule has 0 heterocycles. The number of likely N-dealkylation sites (N-methyl/N-ethyl adjacent to an activating group) is 1. The zero-order chi connectivity index (χ0) is 10.9. The summed E-state index contributed by atoms with van der Waals surface area (Å²) >= 11 is 0. The van der Waals surface area contributed by atoms with E-state index in [2.05, 4.69) is 21.1 Å². The molecular weight excluding hydrogens is 205 g/mol. The topological polar surface area (TPSA) is 80.9 Å². The van der Waals surface area contributed by atoms with Gasteiger partial charge in [0.15, 0.2) is 0 Å². The Hall–Kier alpha value is 0.230. The number of aliphatic hydroxyl groups excluding tert-OH is 4. The molecule has 0 aliphatic carbocycles. The lowest BCUT2D eigenvalue weighted by Crippen LogP contribution is -2.36. The van der Waals surface area contributed by atoms with Gasteiger partial charge in [0.25, 0.3) is 0 Å². The number of hydrogen-bond acceptors (Lipinski definition) is 4. The zero-order valence-corrected chi connectivity index (χ0v) is 10.8. The average Bonchev–Trinajstić information content (AvgIpc) is 2.02. The fourth-order valence-corrected chi connectivity index (χ4v) is 0.358. The van der Waals surface area contributed by atoms with Crippen LogP contribution >= 0.6 is 9.90 Å². The van der Waals surface area contributed by atoms with Crippen LogP contribution in [0, 0.1) is 0 Å². The van der Waals surface area contributed by atoms with Gasteiger partial charge in [-0.25, -0.2) is 0 Å². The molecule has 14 heavy (non-hydrogen) atoms. The van der Waals surface area contributed by atoms with Gasteiger partial charge in [-0.1, -0.05) is 0 Å². The Balaban J connectivity index is -0.000000163. The van der Waals surface area contributed by atoms with E-state index >= 15 is 0 Å². The molecule has 0 aromatic rings. The van der Waals surface area contributed by atoms with E-state index in [-0.39, 0.29) is 29.7 Å². The van der Waals surface area contributed by atoms with E-state index in [4.69, 9.17) is 20.4 Å². The SMILES string of the molecule is C[N+](C)(C)CCO.OCC(O)CO.P. The van der Waals surface area contributed by atoms with Crippen molar-refractivity contribution in [2.45, 2.75) is 6.10 Å². The van der Waals surface area contributed by atoms with Gasteiger partial charge in [0.1, 0.15) is 12.6 Å². The molecule has 0 amide bonds. The molecule has 0 saturated heterocycles. The maximum absolute atomic E-state index is 8.39. The molecule has 0 bridgehead atoms. The minimum absolute atomic E-state index is 0. The maximum atomic E-state index is 8.39. The van der Waals surface area contributed by atoms with Crippen LogP contribution in [0.15, 0.2) is 0 Å².